The summed E-state index contributed by atoms with van der Waals surface area (Å²) in [6.45, 7) is 36.8. The van der Waals surface area contributed by atoms with E-state index in [0.717, 1.165) is 38.5 Å². The minimum atomic E-state index is 0.0722. The second-order valence-corrected chi connectivity index (χ2v) is 25.7. The highest BCUT2D eigenvalue weighted by atomic mass is 15.2. The van der Waals surface area contributed by atoms with Crippen LogP contribution < -0.4 is 20.2 Å². The van der Waals surface area contributed by atoms with Crippen LogP contribution in [0.2, 0.25) is 0 Å². The van der Waals surface area contributed by atoms with E-state index in [9.17, 15) is 0 Å². The zero-order chi connectivity index (χ0) is 46.3. The quantitative estimate of drug-likeness (QED) is 0.285. The number of fused-ring (bicyclic) bond motifs is 6. The number of nitrogens with zero attached hydrogens (tertiary/aromatic N) is 3. The lowest BCUT2D eigenvalue weighted by atomic mass is 9.30. The van der Waals surface area contributed by atoms with Crippen molar-refractivity contribution in [2.24, 2.45) is 45.3 Å². The first-order valence-corrected chi connectivity index (χ1v) is 25.5. The molecule has 6 unspecified atom stereocenters. The van der Waals surface area contributed by atoms with Gasteiger partial charge in [-0.3, -0.25) is 0 Å². The summed E-state index contributed by atoms with van der Waals surface area (Å²) in [6, 6.07) is 15.2. The number of allylic oxidation sites excluding steroid dienone is 14. The predicted molar refractivity (Wildman–Crippen MR) is 281 cm³/mol. The van der Waals surface area contributed by atoms with Crippen LogP contribution in [0.3, 0.4) is 0 Å². The number of hydrogen-bond donors (Lipinski definition) is 0. The zero-order valence-corrected chi connectivity index (χ0v) is 42.8. The first kappa shape index (κ1) is 44.4. The van der Waals surface area contributed by atoms with Crippen molar-refractivity contribution in [2.45, 2.75) is 154 Å². The van der Waals surface area contributed by atoms with E-state index in [1.165, 1.54) is 73.1 Å². The molecule has 3 aliphatic heterocycles. The van der Waals surface area contributed by atoms with Crippen molar-refractivity contribution in [1.82, 2.24) is 0 Å². The molecule has 8 aliphatic rings. The van der Waals surface area contributed by atoms with Gasteiger partial charge in [0.25, 0.3) is 6.71 Å². The average molecular weight is 864 g/mol. The van der Waals surface area contributed by atoms with Crippen LogP contribution in [0.1, 0.15) is 148 Å². The summed E-state index contributed by atoms with van der Waals surface area (Å²) >= 11 is 0. The normalized spacial score (nSPS) is 28.6. The molecular weight excluding hydrogens is 786 g/mol. The molecule has 0 aromatic heterocycles. The van der Waals surface area contributed by atoms with E-state index < -0.39 is 0 Å². The lowest BCUT2D eigenvalue weighted by molar-refractivity contribution is 0.0386. The van der Waals surface area contributed by atoms with Gasteiger partial charge in [0.2, 0.25) is 0 Å². The first-order chi connectivity index (χ1) is 30.5. The number of benzene rings is 2. The Hall–Kier alpha value is -4.44. The van der Waals surface area contributed by atoms with E-state index in [1.807, 2.05) is 0 Å². The molecule has 0 amide bonds. The Balaban J connectivity index is 1.30. The van der Waals surface area contributed by atoms with Gasteiger partial charge in [0.1, 0.15) is 0 Å². The van der Waals surface area contributed by atoms with Crippen LogP contribution in [0, 0.1) is 45.3 Å². The molecule has 65 heavy (non-hydrogen) atoms. The second kappa shape index (κ2) is 15.0. The third kappa shape index (κ3) is 7.03. The fourth-order valence-electron chi connectivity index (χ4n) is 13.3. The monoisotopic (exact) mass is 864 g/mol. The van der Waals surface area contributed by atoms with Crippen LogP contribution in [-0.2, 0) is 5.41 Å². The first-order valence-electron chi connectivity index (χ1n) is 25.5. The molecule has 0 bridgehead atoms. The molecule has 0 saturated carbocycles. The Labute approximate surface area is 394 Å². The van der Waals surface area contributed by atoms with Gasteiger partial charge in [0.15, 0.2) is 0 Å². The van der Waals surface area contributed by atoms with Gasteiger partial charge in [-0.15, -0.1) is 0 Å². The van der Waals surface area contributed by atoms with Gasteiger partial charge in [-0.1, -0.05) is 182 Å². The SMILES string of the molecule is CC1C=C2C(=CC1C(C)(C)C)B1C3=C(CCC(C(C)(C)C)=C3)N(c3ccc(C(C)(C)C)cc3)c3cc(N4C5=CCCC=C5C5C=CC=CC54)cc(c31)N2C1=CCC(C)(C(C)(C)C)C(C)C1. The van der Waals surface area contributed by atoms with Gasteiger partial charge in [0, 0.05) is 51.5 Å². The van der Waals surface area contributed by atoms with Gasteiger partial charge in [-0.25, -0.2) is 0 Å². The summed E-state index contributed by atoms with van der Waals surface area (Å²) in [4.78, 5) is 8.29. The number of anilines is 4. The molecular formula is C61H78BN3. The van der Waals surface area contributed by atoms with Crippen molar-refractivity contribution in [2.75, 3.05) is 14.7 Å². The molecule has 2 aromatic carbocycles. The molecule has 0 radical (unpaired) electrons. The second-order valence-electron chi connectivity index (χ2n) is 25.7. The highest BCUT2D eigenvalue weighted by molar-refractivity contribution is 6.91. The Morgan fingerprint density at radius 2 is 1.38 bits per heavy atom. The minimum Gasteiger partial charge on any atom is -0.333 e. The van der Waals surface area contributed by atoms with Crippen molar-refractivity contribution in [1.29, 1.82) is 0 Å². The molecule has 340 valence electrons. The van der Waals surface area contributed by atoms with Crippen LogP contribution in [0.4, 0.5) is 22.7 Å². The van der Waals surface area contributed by atoms with E-state index in [4.69, 9.17) is 0 Å². The lowest BCUT2D eigenvalue weighted by Gasteiger charge is -2.53. The molecule has 4 heteroatoms. The maximum Gasteiger partial charge on any atom is 0.251 e. The number of rotatable bonds is 3. The maximum atomic E-state index is 2.82. The minimum absolute atomic E-state index is 0.0722. The molecule has 1 saturated heterocycles. The molecule has 10 rings (SSSR count). The van der Waals surface area contributed by atoms with Crippen LogP contribution in [0.15, 0.2) is 142 Å². The van der Waals surface area contributed by atoms with E-state index in [-0.39, 0.29) is 39.8 Å². The summed E-state index contributed by atoms with van der Waals surface area (Å²) in [5.74, 6) is 1.72. The topological polar surface area (TPSA) is 9.72 Å². The Bertz CT molecular complexity index is 2610. The summed E-state index contributed by atoms with van der Waals surface area (Å²) in [7, 11) is 0. The van der Waals surface area contributed by atoms with Crippen molar-refractivity contribution in [3.63, 3.8) is 0 Å². The number of hydrogen-bond acceptors (Lipinski definition) is 3. The van der Waals surface area contributed by atoms with Crippen molar-refractivity contribution < 1.29 is 0 Å². The summed E-state index contributed by atoms with van der Waals surface area (Å²) in [6.07, 6.45) is 31.9. The average Bonchev–Trinajstić information content (AvgIpc) is 3.57. The van der Waals surface area contributed by atoms with Gasteiger partial charge >= 0.3 is 0 Å². The summed E-state index contributed by atoms with van der Waals surface area (Å²) < 4.78 is 0. The largest absolute Gasteiger partial charge is 0.333 e. The molecule has 3 nitrogen and oxygen atoms in total. The van der Waals surface area contributed by atoms with Gasteiger partial charge < -0.3 is 14.7 Å². The zero-order valence-electron chi connectivity index (χ0n) is 42.8. The van der Waals surface area contributed by atoms with E-state index in [0.29, 0.717) is 23.7 Å². The van der Waals surface area contributed by atoms with Gasteiger partial charge in [-0.05, 0) is 135 Å². The van der Waals surface area contributed by atoms with Crippen LogP contribution >= 0.6 is 0 Å². The molecule has 0 spiro atoms. The predicted octanol–water partition coefficient (Wildman–Crippen LogP) is 15.8. The molecule has 1 fully saturated rings. The van der Waals surface area contributed by atoms with Crippen molar-refractivity contribution in [3.8, 4) is 0 Å². The van der Waals surface area contributed by atoms with Gasteiger partial charge in [0.05, 0.1) is 6.04 Å². The summed E-state index contributed by atoms with van der Waals surface area (Å²) in [5.41, 5.74) is 20.7. The summed E-state index contributed by atoms with van der Waals surface area (Å²) in [5, 5.41) is 0. The molecule has 0 N–H and O–H groups in total. The lowest BCUT2D eigenvalue weighted by Crippen LogP contribution is -2.54. The molecule has 3 heterocycles. The van der Waals surface area contributed by atoms with Crippen molar-refractivity contribution >= 4 is 34.9 Å². The maximum absolute atomic E-state index is 2.82. The van der Waals surface area contributed by atoms with Crippen LogP contribution in [-0.4, -0.2) is 12.8 Å². The third-order valence-electron chi connectivity index (χ3n) is 17.7. The van der Waals surface area contributed by atoms with Gasteiger partial charge in [-0.2, -0.15) is 0 Å². The highest BCUT2D eigenvalue weighted by Crippen LogP contribution is 2.58. The fourth-order valence-corrected chi connectivity index (χ4v) is 13.3. The molecule has 5 aliphatic carbocycles. The molecule has 2 aromatic rings. The standard InChI is InChI=1S/C61H78BN3/c1-38-32-53-49(37-47(38)59(9,10)11)62-48-34-41(58(6,7)8)26-29-52(48)63(42-27-24-40(25-28-42)57(3,4)5)54-35-44(65-50-22-18-16-20-45(50)46-21-17-19-23-51(46)65)36-55(56(54)62)64(53)43-30-31-61(15,39(2)33-43)60(12,13)14/h16,18,20-25,27-28,30,32,34-39,45,47,50H,17,19,26,29,31,33H2,1-15H3. The molecule has 6 atom stereocenters. The Kier molecular flexibility index (Phi) is 10.3. The highest BCUT2D eigenvalue weighted by Gasteiger charge is 2.52. The van der Waals surface area contributed by atoms with Crippen molar-refractivity contribution in [3.05, 3.63) is 148 Å². The fraction of sp³-hybridized carbons (Fsp3) is 0.508. The van der Waals surface area contributed by atoms with E-state index in [1.54, 1.807) is 5.57 Å². The Morgan fingerprint density at radius 1 is 0.708 bits per heavy atom. The Morgan fingerprint density at radius 3 is 2.03 bits per heavy atom. The van der Waals surface area contributed by atoms with Crippen LogP contribution in [0.5, 0.6) is 0 Å². The smallest absolute Gasteiger partial charge is 0.251 e. The van der Waals surface area contributed by atoms with E-state index in [2.05, 4.69) is 216 Å². The van der Waals surface area contributed by atoms with E-state index >= 15 is 0 Å². The third-order valence-corrected chi connectivity index (χ3v) is 17.7. The van der Waals surface area contributed by atoms with Crippen LogP contribution in [0.25, 0.3) is 0 Å².